The number of benzene rings is 1. The molecule has 0 spiro atoms. The molecule has 0 bridgehead atoms. The number of halogens is 2. The van der Waals surface area contributed by atoms with Crippen molar-refractivity contribution >= 4 is 39.3 Å². The minimum atomic E-state index is -3.20. The maximum atomic E-state index is 12.8. The predicted molar refractivity (Wildman–Crippen MR) is 103 cm³/mol. The highest BCUT2D eigenvalue weighted by atomic mass is 35.5. The Bertz CT molecular complexity index is 794. The van der Waals surface area contributed by atoms with Crippen LogP contribution in [0.2, 0.25) is 10.0 Å². The summed E-state index contributed by atoms with van der Waals surface area (Å²) in [5.74, 6) is 0.527. The van der Waals surface area contributed by atoms with E-state index in [4.69, 9.17) is 23.2 Å². The van der Waals surface area contributed by atoms with Crippen molar-refractivity contribution in [3.63, 3.8) is 0 Å². The molecule has 0 unspecified atom stereocenters. The lowest BCUT2D eigenvalue weighted by Crippen LogP contribution is -2.53. The van der Waals surface area contributed by atoms with E-state index in [1.54, 1.807) is 11.0 Å². The summed E-state index contributed by atoms with van der Waals surface area (Å²) >= 11 is 12.1. The van der Waals surface area contributed by atoms with Gasteiger partial charge >= 0.3 is 6.03 Å². The number of urea groups is 1. The highest BCUT2D eigenvalue weighted by Crippen LogP contribution is 2.35. The van der Waals surface area contributed by atoms with Crippen molar-refractivity contribution in [2.24, 2.45) is 5.92 Å². The summed E-state index contributed by atoms with van der Waals surface area (Å²) in [6, 6.07) is 5.62. The summed E-state index contributed by atoms with van der Waals surface area (Å²) in [5.41, 5.74) is 1.09. The molecule has 144 valence electrons. The third-order valence-corrected chi connectivity index (χ3v) is 7.28. The van der Waals surface area contributed by atoms with Gasteiger partial charge in [-0.15, -0.1) is 0 Å². The van der Waals surface area contributed by atoms with Gasteiger partial charge in [0.05, 0.1) is 16.3 Å². The Morgan fingerprint density at radius 1 is 1.04 bits per heavy atom. The normalized spacial score (nSPS) is 24.9. The number of amides is 2. The molecule has 2 atom stereocenters. The highest BCUT2D eigenvalue weighted by Gasteiger charge is 2.36. The fourth-order valence-electron chi connectivity index (χ4n) is 3.71. The van der Waals surface area contributed by atoms with E-state index >= 15 is 0 Å². The van der Waals surface area contributed by atoms with Gasteiger partial charge in [0.2, 0.25) is 10.0 Å². The zero-order valence-corrected chi connectivity index (χ0v) is 17.2. The second kappa shape index (κ2) is 7.54. The standard InChI is InChI=1S/C17H23Cl2N3O3S/c1-12-10-21(11-14(12)13-3-4-15(18)16(19)9-13)17(23)20-5-7-22(8-6-20)26(2,24)25/h3-4,9,12,14H,5-8,10-11H2,1-2H3/t12-,14-/m1/s1. The molecule has 9 heteroatoms. The zero-order valence-electron chi connectivity index (χ0n) is 14.9. The Morgan fingerprint density at radius 2 is 1.69 bits per heavy atom. The van der Waals surface area contributed by atoms with Crippen molar-refractivity contribution < 1.29 is 13.2 Å². The molecule has 2 saturated heterocycles. The maximum absolute atomic E-state index is 12.8. The van der Waals surface area contributed by atoms with Crippen LogP contribution < -0.4 is 0 Å². The molecular weight excluding hydrogens is 397 g/mol. The van der Waals surface area contributed by atoms with Gasteiger partial charge in [0.15, 0.2) is 0 Å². The van der Waals surface area contributed by atoms with Gasteiger partial charge in [-0.05, 0) is 23.6 Å². The van der Waals surface area contributed by atoms with Crippen molar-refractivity contribution in [3.05, 3.63) is 33.8 Å². The monoisotopic (exact) mass is 419 g/mol. The van der Waals surface area contributed by atoms with Crippen LogP contribution >= 0.6 is 23.2 Å². The average Bonchev–Trinajstić information content (AvgIpc) is 2.98. The van der Waals surface area contributed by atoms with Crippen LogP contribution in [0, 0.1) is 5.92 Å². The van der Waals surface area contributed by atoms with Crippen molar-refractivity contribution in [2.75, 3.05) is 45.5 Å². The molecule has 0 saturated carbocycles. The number of sulfonamides is 1. The zero-order chi connectivity index (χ0) is 19.1. The van der Waals surface area contributed by atoms with Crippen LogP contribution in [-0.2, 0) is 10.0 Å². The minimum absolute atomic E-state index is 0.0208. The van der Waals surface area contributed by atoms with Gasteiger partial charge in [0.25, 0.3) is 0 Å². The molecule has 26 heavy (non-hydrogen) atoms. The van der Waals surface area contributed by atoms with Crippen molar-refractivity contribution in [1.82, 2.24) is 14.1 Å². The Kier molecular flexibility index (Phi) is 5.72. The number of rotatable bonds is 2. The number of likely N-dealkylation sites (tertiary alicyclic amines) is 1. The van der Waals surface area contributed by atoms with Crippen LogP contribution in [0.15, 0.2) is 18.2 Å². The van der Waals surface area contributed by atoms with Gasteiger partial charge in [-0.1, -0.05) is 36.2 Å². The smallest absolute Gasteiger partial charge is 0.320 e. The maximum Gasteiger partial charge on any atom is 0.320 e. The topological polar surface area (TPSA) is 60.9 Å². The molecule has 1 aromatic carbocycles. The van der Waals surface area contributed by atoms with Crippen molar-refractivity contribution in [2.45, 2.75) is 12.8 Å². The Labute approximate surface area is 164 Å². The molecule has 2 aliphatic rings. The summed E-state index contributed by atoms with van der Waals surface area (Å²) in [6.45, 7) is 4.99. The lowest BCUT2D eigenvalue weighted by atomic mass is 9.90. The molecule has 0 N–H and O–H groups in total. The molecule has 2 fully saturated rings. The second-order valence-corrected chi connectivity index (χ2v) is 9.89. The SMILES string of the molecule is C[C@@H]1CN(C(=O)N2CCN(S(C)(=O)=O)CC2)C[C@H]1c1ccc(Cl)c(Cl)c1. The Balaban J connectivity index is 1.64. The number of nitrogens with zero attached hydrogens (tertiary/aromatic N) is 3. The summed E-state index contributed by atoms with van der Waals surface area (Å²) in [6.07, 6.45) is 1.20. The third-order valence-electron chi connectivity index (χ3n) is 5.23. The molecule has 1 aromatic rings. The van der Waals surface area contributed by atoms with Crippen molar-refractivity contribution in [3.8, 4) is 0 Å². The fourth-order valence-corrected chi connectivity index (χ4v) is 4.84. The summed E-state index contributed by atoms with van der Waals surface area (Å²) in [5, 5.41) is 1.05. The summed E-state index contributed by atoms with van der Waals surface area (Å²) in [4.78, 5) is 16.4. The Hall–Kier alpha value is -1.02. The van der Waals surface area contributed by atoms with E-state index in [9.17, 15) is 13.2 Å². The molecule has 0 radical (unpaired) electrons. The van der Waals surface area contributed by atoms with Crippen LogP contribution in [-0.4, -0.2) is 74.1 Å². The third kappa shape index (κ3) is 4.11. The van der Waals surface area contributed by atoms with Crippen LogP contribution in [0.4, 0.5) is 4.79 Å². The van der Waals surface area contributed by atoms with Crippen LogP contribution in [0.5, 0.6) is 0 Å². The highest BCUT2D eigenvalue weighted by molar-refractivity contribution is 7.88. The molecular formula is C17H23Cl2N3O3S. The number of hydrogen-bond acceptors (Lipinski definition) is 3. The largest absolute Gasteiger partial charge is 0.324 e. The number of hydrogen-bond donors (Lipinski definition) is 0. The van der Waals surface area contributed by atoms with Gasteiger partial charge in [0, 0.05) is 45.2 Å². The average molecular weight is 420 g/mol. The lowest BCUT2D eigenvalue weighted by Gasteiger charge is -2.35. The van der Waals surface area contributed by atoms with Crippen LogP contribution in [0.3, 0.4) is 0 Å². The molecule has 3 rings (SSSR count). The first-order valence-corrected chi connectivity index (χ1v) is 11.2. The van der Waals surface area contributed by atoms with E-state index in [0.29, 0.717) is 55.2 Å². The minimum Gasteiger partial charge on any atom is -0.324 e. The molecule has 2 aliphatic heterocycles. The van der Waals surface area contributed by atoms with Gasteiger partial charge in [-0.3, -0.25) is 0 Å². The van der Waals surface area contributed by atoms with E-state index in [-0.39, 0.29) is 11.9 Å². The number of carbonyl (C=O) groups is 1. The van der Waals surface area contributed by atoms with E-state index in [1.807, 2.05) is 17.0 Å². The summed E-state index contributed by atoms with van der Waals surface area (Å²) in [7, 11) is -3.20. The van der Waals surface area contributed by atoms with Crippen LogP contribution in [0.1, 0.15) is 18.4 Å². The number of piperazine rings is 1. The molecule has 0 aliphatic carbocycles. The first-order chi connectivity index (χ1) is 12.2. The van der Waals surface area contributed by atoms with Crippen molar-refractivity contribution in [1.29, 1.82) is 0 Å². The van der Waals surface area contributed by atoms with E-state index in [2.05, 4.69) is 6.92 Å². The van der Waals surface area contributed by atoms with E-state index < -0.39 is 10.0 Å². The first-order valence-electron chi connectivity index (χ1n) is 8.60. The molecule has 2 heterocycles. The van der Waals surface area contributed by atoms with Gasteiger partial charge in [-0.2, -0.15) is 4.31 Å². The van der Waals surface area contributed by atoms with Gasteiger partial charge < -0.3 is 9.80 Å². The van der Waals surface area contributed by atoms with Gasteiger partial charge in [-0.25, -0.2) is 13.2 Å². The van der Waals surface area contributed by atoms with E-state index in [0.717, 1.165) is 5.56 Å². The molecule has 0 aromatic heterocycles. The van der Waals surface area contributed by atoms with E-state index in [1.165, 1.54) is 10.6 Å². The Morgan fingerprint density at radius 3 is 2.27 bits per heavy atom. The first kappa shape index (κ1) is 19.7. The quantitative estimate of drug-likeness (QED) is 0.739. The predicted octanol–water partition coefficient (Wildman–Crippen LogP) is 2.73. The van der Waals surface area contributed by atoms with Gasteiger partial charge in [0.1, 0.15) is 0 Å². The van der Waals surface area contributed by atoms with Crippen LogP contribution in [0.25, 0.3) is 0 Å². The lowest BCUT2D eigenvalue weighted by molar-refractivity contribution is 0.141. The summed E-state index contributed by atoms with van der Waals surface area (Å²) < 4.78 is 24.6. The fraction of sp³-hybridized carbons (Fsp3) is 0.588. The second-order valence-electron chi connectivity index (χ2n) is 7.09. The molecule has 2 amide bonds. The molecule has 6 nitrogen and oxygen atoms in total. The number of carbonyl (C=O) groups excluding carboxylic acids is 1.